The van der Waals surface area contributed by atoms with E-state index in [0.717, 1.165) is 23.3 Å². The van der Waals surface area contributed by atoms with E-state index in [1.54, 1.807) is 50.7 Å². The summed E-state index contributed by atoms with van der Waals surface area (Å²) >= 11 is 0. The van der Waals surface area contributed by atoms with Gasteiger partial charge in [0.25, 0.3) is 0 Å². The van der Waals surface area contributed by atoms with Crippen LogP contribution in [0.15, 0.2) is 74.9 Å². The third kappa shape index (κ3) is 6.70. The number of aliphatic imine (C=N–C) groups is 1. The molecule has 9 heteroatoms. The average molecular weight is 548 g/mol. The number of fused-ring (bicyclic) bond motifs is 1. The predicted octanol–water partition coefficient (Wildman–Crippen LogP) is 7.04. The van der Waals surface area contributed by atoms with Crippen molar-refractivity contribution in [2.24, 2.45) is 4.99 Å². The standard InChI is InChI=1S/C29H24BF3NO4.C2H6/c1-4-34-15-19-11-18(10-9-16(19)2)26-14-25(35)23-13-20(29(31,32)33)12-22(27(23)38-26)17(3)30-24-8-6-5-7-21(24)28(36)37;1-2/h5-15,17H,4H2,1-3H3,(H,36,37);1-2H3. The zero-order valence-electron chi connectivity index (χ0n) is 23.0. The maximum absolute atomic E-state index is 13.8. The van der Waals surface area contributed by atoms with Gasteiger partial charge in [-0.1, -0.05) is 56.6 Å². The molecule has 1 N–H and O–H groups in total. The van der Waals surface area contributed by atoms with E-state index >= 15 is 0 Å². The molecule has 4 aromatic rings. The van der Waals surface area contributed by atoms with Gasteiger partial charge in [-0.3, -0.25) is 9.79 Å². The third-order valence-corrected chi connectivity index (χ3v) is 6.27. The molecule has 1 heterocycles. The van der Waals surface area contributed by atoms with Crippen molar-refractivity contribution in [3.8, 4) is 11.3 Å². The topological polar surface area (TPSA) is 79.9 Å². The van der Waals surface area contributed by atoms with Crippen LogP contribution in [0.1, 0.15) is 66.1 Å². The molecule has 0 bridgehead atoms. The van der Waals surface area contributed by atoms with Crippen LogP contribution in [0.5, 0.6) is 0 Å². The van der Waals surface area contributed by atoms with Gasteiger partial charge in [0.15, 0.2) is 12.7 Å². The van der Waals surface area contributed by atoms with Crippen molar-refractivity contribution >= 4 is 35.9 Å². The van der Waals surface area contributed by atoms with E-state index in [2.05, 4.69) is 4.99 Å². The molecule has 0 saturated heterocycles. The Hall–Kier alpha value is -4.14. The van der Waals surface area contributed by atoms with E-state index in [1.165, 1.54) is 12.1 Å². The van der Waals surface area contributed by atoms with Crippen molar-refractivity contribution in [2.45, 2.75) is 46.6 Å². The fourth-order valence-electron chi connectivity index (χ4n) is 4.25. The Morgan fingerprint density at radius 3 is 2.45 bits per heavy atom. The summed E-state index contributed by atoms with van der Waals surface area (Å²) in [6.07, 6.45) is -2.98. The number of rotatable bonds is 7. The molecule has 0 aliphatic carbocycles. The number of nitrogens with zero attached hydrogens (tertiary/aromatic N) is 1. The Morgan fingerprint density at radius 1 is 1.10 bits per heavy atom. The molecule has 0 saturated carbocycles. The highest BCUT2D eigenvalue weighted by Crippen LogP contribution is 2.36. The molecule has 0 aliphatic rings. The van der Waals surface area contributed by atoms with Crippen molar-refractivity contribution in [1.82, 2.24) is 0 Å². The first-order valence-corrected chi connectivity index (χ1v) is 13.0. The summed E-state index contributed by atoms with van der Waals surface area (Å²) in [5, 5.41) is 9.33. The quantitative estimate of drug-likeness (QED) is 0.199. The molecule has 5 nitrogen and oxygen atoms in total. The van der Waals surface area contributed by atoms with Gasteiger partial charge in [0, 0.05) is 24.4 Å². The first-order valence-electron chi connectivity index (χ1n) is 13.0. The van der Waals surface area contributed by atoms with Gasteiger partial charge in [0.2, 0.25) is 0 Å². The van der Waals surface area contributed by atoms with Crippen molar-refractivity contribution < 1.29 is 27.5 Å². The second-order valence-electron chi connectivity index (χ2n) is 8.96. The Labute approximate surface area is 231 Å². The smallest absolute Gasteiger partial charge is 0.416 e. The molecule has 1 atom stereocenters. The molecular weight excluding hydrogens is 518 g/mol. The molecule has 0 spiro atoms. The Balaban J connectivity index is 0.00000216. The van der Waals surface area contributed by atoms with Crippen LogP contribution in [0, 0.1) is 6.92 Å². The van der Waals surface area contributed by atoms with Gasteiger partial charge in [0.05, 0.1) is 16.5 Å². The van der Waals surface area contributed by atoms with E-state index in [-0.39, 0.29) is 27.9 Å². The summed E-state index contributed by atoms with van der Waals surface area (Å²) in [6.45, 7) is 10.0. The van der Waals surface area contributed by atoms with Crippen LogP contribution >= 0.6 is 0 Å². The molecule has 0 amide bonds. The van der Waals surface area contributed by atoms with Gasteiger partial charge >= 0.3 is 12.1 Å². The summed E-state index contributed by atoms with van der Waals surface area (Å²) in [7, 11) is 1.55. The van der Waals surface area contributed by atoms with Gasteiger partial charge < -0.3 is 9.52 Å². The van der Waals surface area contributed by atoms with Crippen LogP contribution in [0.25, 0.3) is 22.3 Å². The first kappa shape index (κ1) is 30.4. The largest absolute Gasteiger partial charge is 0.478 e. The highest BCUT2D eigenvalue weighted by molar-refractivity contribution is 6.57. The SMILES string of the molecule is CC.CCN=Cc1cc(-c2cc(=O)c3cc(C(F)(F)F)cc(C(C)[B]c4ccccc4C(=O)O)c3o2)ccc1C. The monoisotopic (exact) mass is 548 g/mol. The molecule has 40 heavy (non-hydrogen) atoms. The summed E-state index contributed by atoms with van der Waals surface area (Å²) in [5.41, 5.74) is 1.25. The van der Waals surface area contributed by atoms with E-state index < -0.39 is 29.0 Å². The number of hydrogen-bond acceptors (Lipinski definition) is 4. The van der Waals surface area contributed by atoms with Crippen molar-refractivity contribution in [3.05, 3.63) is 98.7 Å². The van der Waals surface area contributed by atoms with E-state index in [4.69, 9.17) is 4.42 Å². The average Bonchev–Trinajstić information content (AvgIpc) is 2.92. The lowest BCUT2D eigenvalue weighted by Gasteiger charge is -2.18. The molecule has 0 fully saturated rings. The minimum Gasteiger partial charge on any atom is -0.478 e. The number of aromatic carboxylic acids is 1. The lowest BCUT2D eigenvalue weighted by atomic mass is 9.56. The second kappa shape index (κ2) is 12.8. The molecule has 207 valence electrons. The molecular formula is C31H30BF3NO4. The molecule has 1 radical (unpaired) electrons. The van der Waals surface area contributed by atoms with E-state index in [1.807, 2.05) is 33.8 Å². The van der Waals surface area contributed by atoms with Crippen molar-refractivity contribution in [1.29, 1.82) is 0 Å². The van der Waals surface area contributed by atoms with Gasteiger partial charge in [-0.2, -0.15) is 13.2 Å². The summed E-state index contributed by atoms with van der Waals surface area (Å²) in [4.78, 5) is 29.0. The number of carboxylic acid groups (broad SMARTS) is 1. The van der Waals surface area contributed by atoms with Crippen molar-refractivity contribution in [2.75, 3.05) is 6.54 Å². The van der Waals surface area contributed by atoms with Crippen molar-refractivity contribution in [3.63, 3.8) is 0 Å². The number of hydrogen-bond donors (Lipinski definition) is 1. The Morgan fingerprint density at radius 2 is 1.80 bits per heavy atom. The van der Waals surface area contributed by atoms with Crippen LogP contribution in [0.4, 0.5) is 13.2 Å². The highest BCUT2D eigenvalue weighted by atomic mass is 19.4. The van der Waals surface area contributed by atoms with Gasteiger partial charge in [-0.15, -0.1) is 0 Å². The predicted molar refractivity (Wildman–Crippen MR) is 154 cm³/mol. The normalized spacial score (nSPS) is 12.2. The number of carboxylic acids is 1. The zero-order chi connectivity index (χ0) is 29.6. The van der Waals surface area contributed by atoms with Crippen LogP contribution in [-0.2, 0) is 6.18 Å². The van der Waals surface area contributed by atoms with E-state index in [0.29, 0.717) is 17.6 Å². The summed E-state index contributed by atoms with van der Waals surface area (Å²) in [5.74, 6) is -1.68. The van der Waals surface area contributed by atoms with Crippen LogP contribution < -0.4 is 10.9 Å². The lowest BCUT2D eigenvalue weighted by Crippen LogP contribution is -2.27. The molecule has 1 unspecified atom stereocenters. The summed E-state index contributed by atoms with van der Waals surface area (Å²) in [6, 6.07) is 14.6. The minimum atomic E-state index is -4.70. The van der Waals surface area contributed by atoms with Gasteiger partial charge in [0.1, 0.15) is 11.3 Å². The Bertz CT molecular complexity index is 1610. The summed E-state index contributed by atoms with van der Waals surface area (Å²) < 4.78 is 47.5. The number of carbonyl (C=O) groups is 1. The second-order valence-corrected chi connectivity index (χ2v) is 8.96. The Kier molecular flexibility index (Phi) is 9.74. The highest BCUT2D eigenvalue weighted by Gasteiger charge is 2.33. The minimum absolute atomic E-state index is 0.0127. The number of halogens is 3. The fourth-order valence-corrected chi connectivity index (χ4v) is 4.25. The molecule has 0 aliphatic heterocycles. The number of aryl methyl sites for hydroxylation is 1. The maximum atomic E-state index is 13.8. The first-order chi connectivity index (χ1) is 19.0. The molecule has 1 aromatic heterocycles. The van der Waals surface area contributed by atoms with Gasteiger partial charge in [-0.05, 0) is 60.6 Å². The number of benzene rings is 3. The number of alkyl halides is 3. The lowest BCUT2D eigenvalue weighted by molar-refractivity contribution is -0.137. The van der Waals surface area contributed by atoms with Crippen LogP contribution in [0.2, 0.25) is 0 Å². The van der Waals surface area contributed by atoms with Gasteiger partial charge in [-0.25, -0.2) is 4.79 Å². The molecule has 3 aromatic carbocycles. The van der Waals surface area contributed by atoms with Crippen LogP contribution in [-0.4, -0.2) is 31.1 Å². The maximum Gasteiger partial charge on any atom is 0.416 e. The van der Waals surface area contributed by atoms with Crippen LogP contribution in [0.3, 0.4) is 0 Å². The zero-order valence-corrected chi connectivity index (χ0v) is 23.0. The molecule has 4 rings (SSSR count). The fraction of sp³-hybridized carbons (Fsp3) is 0.258. The third-order valence-electron chi connectivity index (χ3n) is 6.27. The van der Waals surface area contributed by atoms with E-state index in [9.17, 15) is 27.9 Å².